The van der Waals surface area contributed by atoms with E-state index >= 15 is 0 Å². The zero-order chi connectivity index (χ0) is 17.6. The van der Waals surface area contributed by atoms with Gasteiger partial charge in [0.05, 0.1) is 10.9 Å². The van der Waals surface area contributed by atoms with Crippen LogP contribution < -0.4 is 5.32 Å². The Morgan fingerprint density at radius 3 is 2.76 bits per heavy atom. The van der Waals surface area contributed by atoms with E-state index in [1.54, 1.807) is 6.20 Å². The number of hydrogen-bond donors (Lipinski definition) is 1. The highest BCUT2D eigenvalue weighted by atomic mass is 32.2. The normalized spacial score (nSPS) is 11.9. The predicted molar refractivity (Wildman–Crippen MR) is 103 cm³/mol. The largest absolute Gasteiger partial charge is 0.301 e. The van der Waals surface area contributed by atoms with E-state index in [4.69, 9.17) is 0 Å². The second-order valence-electron chi connectivity index (χ2n) is 5.35. The van der Waals surface area contributed by atoms with Gasteiger partial charge in [-0.15, -0.1) is 11.3 Å². The SMILES string of the molecule is CC[C@H](Sc1cc(-c2ccccc2)nc(C)n1)C(=O)Nc1nccs1. The topological polar surface area (TPSA) is 67.8 Å². The summed E-state index contributed by atoms with van der Waals surface area (Å²) >= 11 is 2.87. The molecule has 0 radical (unpaired) electrons. The van der Waals surface area contributed by atoms with Crippen molar-refractivity contribution in [2.75, 3.05) is 5.32 Å². The fourth-order valence-corrected chi connectivity index (χ4v) is 3.82. The van der Waals surface area contributed by atoms with E-state index < -0.39 is 0 Å². The fourth-order valence-electron chi connectivity index (χ4n) is 2.30. The minimum atomic E-state index is -0.234. The Morgan fingerprint density at radius 1 is 1.28 bits per heavy atom. The van der Waals surface area contributed by atoms with Crippen LogP contribution in [0.3, 0.4) is 0 Å². The zero-order valence-electron chi connectivity index (χ0n) is 14.0. The number of amides is 1. The monoisotopic (exact) mass is 370 g/mol. The molecule has 128 valence electrons. The second kappa shape index (κ2) is 8.22. The third kappa shape index (κ3) is 4.64. The summed E-state index contributed by atoms with van der Waals surface area (Å²) in [4.78, 5) is 25.6. The van der Waals surface area contributed by atoms with Crippen molar-refractivity contribution in [3.8, 4) is 11.3 Å². The Morgan fingerprint density at radius 2 is 2.08 bits per heavy atom. The quantitative estimate of drug-likeness (QED) is 0.514. The molecule has 3 rings (SSSR count). The maximum atomic E-state index is 12.5. The Labute approximate surface area is 155 Å². The van der Waals surface area contributed by atoms with E-state index in [0.717, 1.165) is 16.3 Å². The lowest BCUT2D eigenvalue weighted by molar-refractivity contribution is -0.115. The van der Waals surface area contributed by atoms with Gasteiger partial charge in [0.25, 0.3) is 0 Å². The standard InChI is InChI=1S/C18H18N4OS2/c1-3-15(17(23)22-18-19-9-10-24-18)25-16-11-14(20-12(2)21-16)13-7-5-4-6-8-13/h4-11,15H,3H2,1-2H3,(H,19,22,23)/t15-/m0/s1. The highest BCUT2D eigenvalue weighted by molar-refractivity contribution is 8.00. The zero-order valence-corrected chi connectivity index (χ0v) is 15.6. The number of rotatable bonds is 6. The van der Waals surface area contributed by atoms with Crippen LogP contribution in [0.15, 0.2) is 53.0 Å². The molecule has 3 aromatic rings. The van der Waals surface area contributed by atoms with Crippen LogP contribution in [-0.2, 0) is 4.79 Å². The number of anilines is 1. The summed E-state index contributed by atoms with van der Waals surface area (Å²) in [5.41, 5.74) is 1.90. The second-order valence-corrected chi connectivity index (χ2v) is 7.46. The summed E-state index contributed by atoms with van der Waals surface area (Å²) < 4.78 is 0. The van der Waals surface area contributed by atoms with Crippen molar-refractivity contribution in [2.45, 2.75) is 30.5 Å². The first-order chi connectivity index (χ1) is 12.2. The van der Waals surface area contributed by atoms with Gasteiger partial charge in [-0.25, -0.2) is 15.0 Å². The number of carbonyl (C=O) groups is 1. The molecule has 7 heteroatoms. The van der Waals surface area contributed by atoms with E-state index in [1.165, 1.54) is 23.1 Å². The summed E-state index contributed by atoms with van der Waals surface area (Å²) in [6, 6.07) is 11.9. The van der Waals surface area contributed by atoms with Gasteiger partial charge >= 0.3 is 0 Å². The fraction of sp³-hybridized carbons (Fsp3) is 0.222. The maximum absolute atomic E-state index is 12.5. The van der Waals surface area contributed by atoms with Gasteiger partial charge in [0, 0.05) is 17.1 Å². The van der Waals surface area contributed by atoms with Gasteiger partial charge in [-0.2, -0.15) is 0 Å². The van der Waals surface area contributed by atoms with E-state index in [-0.39, 0.29) is 11.2 Å². The molecule has 2 aromatic heterocycles. The summed E-state index contributed by atoms with van der Waals surface area (Å²) in [5.74, 6) is 0.638. The average Bonchev–Trinajstić information content (AvgIpc) is 3.13. The number of aromatic nitrogens is 3. The van der Waals surface area contributed by atoms with Gasteiger partial charge in [-0.1, -0.05) is 49.0 Å². The summed E-state index contributed by atoms with van der Waals surface area (Å²) in [7, 11) is 0. The molecule has 1 N–H and O–H groups in total. The minimum Gasteiger partial charge on any atom is -0.301 e. The molecule has 0 saturated heterocycles. The molecule has 0 bridgehead atoms. The molecule has 0 spiro atoms. The number of benzene rings is 1. The number of aryl methyl sites for hydroxylation is 1. The number of thiazole rings is 1. The predicted octanol–water partition coefficient (Wildman–Crippen LogP) is 4.42. The Hall–Kier alpha value is -2.25. The molecule has 5 nitrogen and oxygen atoms in total. The minimum absolute atomic E-state index is 0.0556. The number of nitrogens with one attached hydrogen (secondary N) is 1. The van der Waals surface area contributed by atoms with E-state index in [2.05, 4.69) is 20.3 Å². The van der Waals surface area contributed by atoms with Crippen molar-refractivity contribution in [3.63, 3.8) is 0 Å². The first kappa shape index (κ1) is 17.6. The van der Waals surface area contributed by atoms with Crippen molar-refractivity contribution in [3.05, 3.63) is 53.8 Å². The Balaban J connectivity index is 1.78. The summed E-state index contributed by atoms with van der Waals surface area (Å²) in [6.45, 7) is 3.86. The van der Waals surface area contributed by atoms with Gasteiger partial charge in [0.15, 0.2) is 5.13 Å². The molecule has 25 heavy (non-hydrogen) atoms. The molecule has 0 unspecified atom stereocenters. The van der Waals surface area contributed by atoms with Gasteiger partial charge in [-0.05, 0) is 19.4 Å². The smallest absolute Gasteiger partial charge is 0.239 e. The Kier molecular flexibility index (Phi) is 5.78. The van der Waals surface area contributed by atoms with Crippen LogP contribution in [0, 0.1) is 6.92 Å². The molecule has 0 aliphatic heterocycles. The first-order valence-electron chi connectivity index (χ1n) is 7.94. The highest BCUT2D eigenvalue weighted by Crippen LogP contribution is 2.28. The van der Waals surface area contributed by atoms with Crippen molar-refractivity contribution in [2.24, 2.45) is 0 Å². The highest BCUT2D eigenvalue weighted by Gasteiger charge is 2.20. The van der Waals surface area contributed by atoms with Crippen LogP contribution in [0.25, 0.3) is 11.3 Å². The van der Waals surface area contributed by atoms with Crippen molar-refractivity contribution < 1.29 is 4.79 Å². The van der Waals surface area contributed by atoms with Gasteiger partial charge in [0.1, 0.15) is 10.9 Å². The molecular formula is C18H18N4OS2. The van der Waals surface area contributed by atoms with E-state index in [9.17, 15) is 4.79 Å². The first-order valence-corrected chi connectivity index (χ1v) is 9.69. The summed E-state index contributed by atoms with van der Waals surface area (Å²) in [6.07, 6.45) is 2.37. The van der Waals surface area contributed by atoms with Crippen molar-refractivity contribution in [1.82, 2.24) is 15.0 Å². The molecular weight excluding hydrogens is 352 g/mol. The number of carbonyl (C=O) groups excluding carboxylic acids is 1. The number of nitrogens with zero attached hydrogens (tertiary/aromatic N) is 3. The van der Waals surface area contributed by atoms with E-state index in [0.29, 0.717) is 17.4 Å². The lowest BCUT2D eigenvalue weighted by Crippen LogP contribution is -2.24. The molecule has 0 aliphatic rings. The Bertz CT molecular complexity index is 838. The molecule has 0 fully saturated rings. The third-order valence-electron chi connectivity index (χ3n) is 3.47. The molecule has 1 atom stereocenters. The van der Waals surface area contributed by atoms with E-state index in [1.807, 2.05) is 55.6 Å². The summed E-state index contributed by atoms with van der Waals surface area (Å²) in [5, 5.41) is 5.88. The molecule has 2 heterocycles. The van der Waals surface area contributed by atoms with Crippen LogP contribution in [0.4, 0.5) is 5.13 Å². The van der Waals surface area contributed by atoms with Crippen LogP contribution in [0.5, 0.6) is 0 Å². The molecule has 0 aliphatic carbocycles. The lowest BCUT2D eigenvalue weighted by atomic mass is 10.1. The van der Waals surface area contributed by atoms with Gasteiger partial charge < -0.3 is 5.32 Å². The van der Waals surface area contributed by atoms with Gasteiger partial charge in [0.2, 0.25) is 5.91 Å². The van der Waals surface area contributed by atoms with Gasteiger partial charge in [-0.3, -0.25) is 4.79 Å². The molecule has 1 aromatic carbocycles. The van der Waals surface area contributed by atoms with Crippen LogP contribution in [0.2, 0.25) is 0 Å². The van der Waals surface area contributed by atoms with Crippen LogP contribution in [-0.4, -0.2) is 26.1 Å². The van der Waals surface area contributed by atoms with Crippen molar-refractivity contribution >= 4 is 34.1 Å². The van der Waals surface area contributed by atoms with Crippen LogP contribution >= 0.6 is 23.1 Å². The number of thioether (sulfide) groups is 1. The van der Waals surface area contributed by atoms with Crippen LogP contribution in [0.1, 0.15) is 19.2 Å². The number of hydrogen-bond acceptors (Lipinski definition) is 6. The molecule has 1 amide bonds. The lowest BCUT2D eigenvalue weighted by Gasteiger charge is -2.14. The average molecular weight is 371 g/mol. The third-order valence-corrected chi connectivity index (χ3v) is 5.44. The molecule has 0 saturated carbocycles. The maximum Gasteiger partial charge on any atom is 0.239 e. The van der Waals surface area contributed by atoms with Crippen molar-refractivity contribution in [1.29, 1.82) is 0 Å².